The van der Waals surface area contributed by atoms with Crippen molar-refractivity contribution in [1.29, 1.82) is 0 Å². The fourth-order valence-corrected chi connectivity index (χ4v) is 4.60. The minimum absolute atomic E-state index is 0.0484. The molecule has 2 fully saturated rings. The van der Waals surface area contributed by atoms with Crippen LogP contribution in [0.4, 0.5) is 0 Å². The molecule has 122 valence electrons. The molecule has 8 heteroatoms. The van der Waals surface area contributed by atoms with Crippen LogP contribution in [-0.4, -0.2) is 65.0 Å². The highest BCUT2D eigenvalue weighted by Crippen LogP contribution is 2.26. The predicted molar refractivity (Wildman–Crippen MR) is 81.6 cm³/mol. The lowest BCUT2D eigenvalue weighted by Gasteiger charge is -2.36. The number of aromatic nitrogens is 2. The number of hydrogen-bond donors (Lipinski definition) is 0. The molecule has 0 saturated carbocycles. The fraction of sp³-hybridized carbons (Fsp3) is 0.714. The summed E-state index contributed by atoms with van der Waals surface area (Å²) in [5.41, 5.74) is 0. The van der Waals surface area contributed by atoms with Crippen molar-refractivity contribution in [2.45, 2.75) is 37.8 Å². The van der Waals surface area contributed by atoms with Gasteiger partial charge in [0, 0.05) is 32.0 Å². The normalized spacial score (nSPS) is 27.2. The van der Waals surface area contributed by atoms with E-state index in [0.29, 0.717) is 26.1 Å². The van der Waals surface area contributed by atoms with Crippen LogP contribution in [-0.2, 0) is 14.8 Å². The number of carbonyl (C=O) groups excluding carboxylic acids is 1. The van der Waals surface area contributed by atoms with E-state index in [1.54, 1.807) is 12.5 Å². The highest BCUT2D eigenvalue weighted by molar-refractivity contribution is 7.88. The van der Waals surface area contributed by atoms with Crippen LogP contribution in [0.3, 0.4) is 0 Å². The molecule has 2 aliphatic rings. The summed E-state index contributed by atoms with van der Waals surface area (Å²) in [7, 11) is -3.32. The first-order chi connectivity index (χ1) is 10.5. The maximum atomic E-state index is 12.8. The summed E-state index contributed by atoms with van der Waals surface area (Å²) >= 11 is 0. The molecule has 0 unspecified atom stereocenters. The number of rotatable bonds is 3. The van der Waals surface area contributed by atoms with Gasteiger partial charge in [-0.1, -0.05) is 0 Å². The summed E-state index contributed by atoms with van der Waals surface area (Å²) in [5, 5.41) is 0. The Morgan fingerprint density at radius 2 is 2.00 bits per heavy atom. The largest absolute Gasteiger partial charge is 0.339 e. The van der Waals surface area contributed by atoms with Gasteiger partial charge in [-0.25, -0.2) is 13.4 Å². The van der Waals surface area contributed by atoms with Crippen LogP contribution < -0.4 is 0 Å². The SMILES string of the molecule is CS(=O)(=O)N1CCC[C@@H]1C(=O)N1CCC[C@@H](n2ccnc2)C1. The zero-order valence-corrected chi connectivity index (χ0v) is 13.6. The minimum Gasteiger partial charge on any atom is -0.339 e. The van der Waals surface area contributed by atoms with Crippen LogP contribution in [0.1, 0.15) is 31.7 Å². The Hall–Kier alpha value is -1.41. The van der Waals surface area contributed by atoms with Crippen LogP contribution in [0.2, 0.25) is 0 Å². The van der Waals surface area contributed by atoms with E-state index in [1.165, 1.54) is 10.6 Å². The van der Waals surface area contributed by atoms with Crippen molar-refractivity contribution in [3.8, 4) is 0 Å². The molecule has 2 saturated heterocycles. The number of hydrogen-bond acceptors (Lipinski definition) is 4. The molecule has 3 heterocycles. The molecule has 3 rings (SSSR count). The zero-order valence-electron chi connectivity index (χ0n) is 12.8. The summed E-state index contributed by atoms with van der Waals surface area (Å²) in [5.74, 6) is -0.0484. The van der Waals surface area contributed by atoms with E-state index in [4.69, 9.17) is 0 Å². The lowest BCUT2D eigenvalue weighted by molar-refractivity contribution is -0.136. The third kappa shape index (κ3) is 3.03. The summed E-state index contributed by atoms with van der Waals surface area (Å²) in [6.45, 7) is 1.79. The van der Waals surface area contributed by atoms with Gasteiger partial charge in [0.1, 0.15) is 6.04 Å². The second-order valence-electron chi connectivity index (χ2n) is 6.12. The van der Waals surface area contributed by atoms with Crippen LogP contribution in [0.15, 0.2) is 18.7 Å². The second kappa shape index (κ2) is 6.00. The molecular formula is C14H22N4O3S. The molecule has 2 aliphatic heterocycles. The van der Waals surface area contributed by atoms with Crippen molar-refractivity contribution >= 4 is 15.9 Å². The topological polar surface area (TPSA) is 75.5 Å². The molecule has 1 aromatic heterocycles. The van der Waals surface area contributed by atoms with Gasteiger partial charge < -0.3 is 9.47 Å². The molecule has 7 nitrogen and oxygen atoms in total. The van der Waals surface area contributed by atoms with Gasteiger partial charge in [0.25, 0.3) is 0 Å². The van der Waals surface area contributed by atoms with Gasteiger partial charge in [-0.3, -0.25) is 4.79 Å². The molecule has 0 aromatic carbocycles. The van der Waals surface area contributed by atoms with Crippen LogP contribution in [0, 0.1) is 0 Å². The molecule has 0 bridgehead atoms. The Labute approximate surface area is 131 Å². The summed E-state index contributed by atoms with van der Waals surface area (Å²) < 4.78 is 27.0. The summed E-state index contributed by atoms with van der Waals surface area (Å²) in [6, 6.07) is -0.287. The lowest BCUT2D eigenvalue weighted by atomic mass is 10.0. The number of amides is 1. The molecule has 0 spiro atoms. The van der Waals surface area contributed by atoms with Crippen LogP contribution in [0.5, 0.6) is 0 Å². The third-order valence-corrected chi connectivity index (χ3v) is 5.86. The Morgan fingerprint density at radius 3 is 2.68 bits per heavy atom. The first kappa shape index (κ1) is 15.5. The van der Waals surface area contributed by atoms with E-state index >= 15 is 0 Å². The standard InChI is InChI=1S/C14H22N4O3S/c1-22(20,21)18-8-3-5-13(18)14(19)16-7-2-4-12(10-16)17-9-6-15-11-17/h6,9,11-13H,2-5,7-8,10H2,1H3/t12-,13-/m1/s1. The Bertz CT molecular complexity index is 629. The number of likely N-dealkylation sites (tertiary alicyclic amines) is 1. The van der Waals surface area contributed by atoms with E-state index in [0.717, 1.165) is 19.3 Å². The number of imidazole rings is 1. The summed E-state index contributed by atoms with van der Waals surface area (Å²) in [4.78, 5) is 18.7. The van der Waals surface area contributed by atoms with Crippen molar-refractivity contribution in [3.05, 3.63) is 18.7 Å². The number of nitrogens with zero attached hydrogens (tertiary/aromatic N) is 4. The molecule has 0 radical (unpaired) electrons. The maximum absolute atomic E-state index is 12.8. The molecule has 1 aromatic rings. The monoisotopic (exact) mass is 326 g/mol. The van der Waals surface area contributed by atoms with Gasteiger partial charge in [-0.2, -0.15) is 4.31 Å². The van der Waals surface area contributed by atoms with Crippen molar-refractivity contribution in [2.75, 3.05) is 25.9 Å². The van der Waals surface area contributed by atoms with E-state index in [1.807, 2.05) is 15.7 Å². The smallest absolute Gasteiger partial charge is 0.241 e. The molecule has 2 atom stereocenters. The maximum Gasteiger partial charge on any atom is 0.241 e. The van der Waals surface area contributed by atoms with Crippen molar-refractivity contribution < 1.29 is 13.2 Å². The summed E-state index contributed by atoms with van der Waals surface area (Å²) in [6.07, 6.45) is 9.93. The Balaban J connectivity index is 1.72. The first-order valence-corrected chi connectivity index (χ1v) is 9.54. The quantitative estimate of drug-likeness (QED) is 0.809. The number of sulfonamides is 1. The first-order valence-electron chi connectivity index (χ1n) is 7.70. The second-order valence-corrected chi connectivity index (χ2v) is 8.06. The molecule has 1 amide bonds. The van der Waals surface area contributed by atoms with E-state index in [9.17, 15) is 13.2 Å². The van der Waals surface area contributed by atoms with E-state index in [-0.39, 0.29) is 11.9 Å². The van der Waals surface area contributed by atoms with Gasteiger partial charge in [-0.05, 0) is 25.7 Å². The van der Waals surface area contributed by atoms with Gasteiger partial charge in [0.15, 0.2) is 0 Å². The Morgan fingerprint density at radius 1 is 1.23 bits per heavy atom. The lowest BCUT2D eigenvalue weighted by Crippen LogP contribution is -2.50. The fourth-order valence-electron chi connectivity index (χ4n) is 3.48. The molecule has 0 N–H and O–H groups in total. The van der Waals surface area contributed by atoms with Crippen molar-refractivity contribution in [1.82, 2.24) is 18.8 Å². The van der Waals surface area contributed by atoms with Crippen LogP contribution >= 0.6 is 0 Å². The molecular weight excluding hydrogens is 304 g/mol. The van der Waals surface area contributed by atoms with Gasteiger partial charge in [-0.15, -0.1) is 0 Å². The zero-order chi connectivity index (χ0) is 15.7. The van der Waals surface area contributed by atoms with E-state index < -0.39 is 16.1 Å². The average Bonchev–Trinajstić information content (AvgIpc) is 3.17. The highest BCUT2D eigenvalue weighted by atomic mass is 32.2. The highest BCUT2D eigenvalue weighted by Gasteiger charge is 2.39. The predicted octanol–water partition coefficient (Wildman–Crippen LogP) is 0.471. The van der Waals surface area contributed by atoms with Crippen molar-refractivity contribution in [3.63, 3.8) is 0 Å². The molecule has 0 aliphatic carbocycles. The Kier molecular flexibility index (Phi) is 4.22. The average molecular weight is 326 g/mol. The van der Waals surface area contributed by atoms with Gasteiger partial charge in [0.2, 0.25) is 15.9 Å². The number of piperidine rings is 1. The third-order valence-electron chi connectivity index (χ3n) is 4.57. The molecule has 22 heavy (non-hydrogen) atoms. The number of carbonyl (C=O) groups is 1. The van der Waals surface area contributed by atoms with Gasteiger partial charge >= 0.3 is 0 Å². The van der Waals surface area contributed by atoms with Gasteiger partial charge in [0.05, 0.1) is 18.6 Å². The van der Waals surface area contributed by atoms with Crippen LogP contribution in [0.25, 0.3) is 0 Å². The van der Waals surface area contributed by atoms with Crippen molar-refractivity contribution in [2.24, 2.45) is 0 Å². The van der Waals surface area contributed by atoms with E-state index in [2.05, 4.69) is 4.98 Å². The minimum atomic E-state index is -3.32.